The molecule has 1 aromatic heterocycles. The molecule has 34 heavy (non-hydrogen) atoms. The average Bonchev–Trinajstić information content (AvgIpc) is 3.17. The second-order valence-corrected chi connectivity index (χ2v) is 9.92. The van der Waals surface area contributed by atoms with E-state index in [4.69, 9.17) is 9.25 Å². The molecule has 3 aromatic carbocycles. The molecule has 0 spiro atoms. The maximum Gasteiger partial charge on any atom is 0.279 e. The van der Waals surface area contributed by atoms with Crippen molar-refractivity contribution in [1.82, 2.24) is 5.48 Å². The summed E-state index contributed by atoms with van der Waals surface area (Å²) >= 11 is 0. The predicted molar refractivity (Wildman–Crippen MR) is 130 cm³/mol. The number of hydrogen-bond donors (Lipinski definition) is 1. The summed E-state index contributed by atoms with van der Waals surface area (Å²) in [4.78, 5) is 17.8. The third kappa shape index (κ3) is 4.40. The van der Waals surface area contributed by atoms with Gasteiger partial charge in [0.05, 0.1) is 24.6 Å². The summed E-state index contributed by atoms with van der Waals surface area (Å²) in [6.07, 6.45) is 1.11. The molecule has 1 amide bonds. The van der Waals surface area contributed by atoms with Gasteiger partial charge in [-0.05, 0) is 42.8 Å². The highest BCUT2D eigenvalue weighted by atomic mass is 32.2. The van der Waals surface area contributed by atoms with Gasteiger partial charge >= 0.3 is 0 Å². The standard InChI is InChI=1S/C25H23FN2O5S/c1-15-5-7-16(8-6-15)19-13-20-22(14-21(19)28(2)34(4,30)31)33-24(23(20)25(29)27-32-3)17-9-11-18(26)12-10-17/h5-14H,1-4H3,(H,27,29). The van der Waals surface area contributed by atoms with Crippen LogP contribution < -0.4 is 9.79 Å². The molecule has 0 aliphatic carbocycles. The van der Waals surface area contributed by atoms with Crippen molar-refractivity contribution in [2.24, 2.45) is 0 Å². The van der Waals surface area contributed by atoms with Crippen molar-refractivity contribution >= 4 is 32.6 Å². The predicted octanol–water partition coefficient (Wildman–Crippen LogP) is 4.90. The van der Waals surface area contributed by atoms with Crippen LogP contribution in [-0.4, -0.2) is 34.7 Å². The van der Waals surface area contributed by atoms with E-state index in [9.17, 15) is 17.6 Å². The van der Waals surface area contributed by atoms with E-state index in [2.05, 4.69) is 5.48 Å². The number of amides is 1. The molecular formula is C25H23FN2O5S. The Morgan fingerprint density at radius 2 is 1.65 bits per heavy atom. The Morgan fingerprint density at radius 1 is 1.03 bits per heavy atom. The van der Waals surface area contributed by atoms with E-state index in [1.807, 2.05) is 31.2 Å². The zero-order valence-corrected chi connectivity index (χ0v) is 19.9. The fourth-order valence-corrected chi connectivity index (χ4v) is 4.22. The average molecular weight is 483 g/mol. The first-order valence-electron chi connectivity index (χ1n) is 10.3. The topological polar surface area (TPSA) is 88.8 Å². The maximum absolute atomic E-state index is 13.5. The number of sulfonamides is 1. The van der Waals surface area contributed by atoms with Crippen LogP contribution >= 0.6 is 0 Å². The number of anilines is 1. The molecule has 0 radical (unpaired) electrons. The Balaban J connectivity index is 2.07. The summed E-state index contributed by atoms with van der Waals surface area (Å²) in [6, 6.07) is 16.4. The van der Waals surface area contributed by atoms with Crippen LogP contribution in [0, 0.1) is 12.7 Å². The number of nitrogens with zero attached hydrogens (tertiary/aromatic N) is 1. The second-order valence-electron chi connectivity index (χ2n) is 7.91. The van der Waals surface area contributed by atoms with Crippen LogP contribution in [0.4, 0.5) is 10.1 Å². The first-order valence-corrected chi connectivity index (χ1v) is 12.2. The Bertz CT molecular complexity index is 1480. The van der Waals surface area contributed by atoms with Crippen molar-refractivity contribution in [3.8, 4) is 22.5 Å². The number of hydrogen-bond acceptors (Lipinski definition) is 5. The zero-order valence-electron chi connectivity index (χ0n) is 19.0. The number of nitrogens with one attached hydrogen (secondary N) is 1. The molecule has 0 saturated carbocycles. The van der Waals surface area contributed by atoms with Gasteiger partial charge in [-0.15, -0.1) is 0 Å². The van der Waals surface area contributed by atoms with Crippen LogP contribution in [-0.2, 0) is 14.9 Å². The van der Waals surface area contributed by atoms with E-state index in [1.54, 1.807) is 12.1 Å². The smallest absolute Gasteiger partial charge is 0.279 e. The normalized spacial score (nSPS) is 11.6. The quantitative estimate of drug-likeness (QED) is 0.395. The molecule has 4 aromatic rings. The fraction of sp³-hybridized carbons (Fsp3) is 0.160. The second kappa shape index (κ2) is 8.92. The number of rotatable bonds is 6. The minimum absolute atomic E-state index is 0.186. The highest BCUT2D eigenvalue weighted by Crippen LogP contribution is 2.41. The molecule has 1 N–H and O–H groups in total. The number of furan rings is 1. The summed E-state index contributed by atoms with van der Waals surface area (Å²) in [5.74, 6) is -0.778. The lowest BCUT2D eigenvalue weighted by Crippen LogP contribution is -2.25. The molecule has 0 aliphatic rings. The third-order valence-electron chi connectivity index (χ3n) is 5.53. The molecule has 9 heteroatoms. The van der Waals surface area contributed by atoms with Crippen LogP contribution in [0.3, 0.4) is 0 Å². The molecule has 0 fully saturated rings. The van der Waals surface area contributed by atoms with Crippen LogP contribution in [0.25, 0.3) is 33.4 Å². The van der Waals surface area contributed by atoms with Crippen LogP contribution in [0.5, 0.6) is 0 Å². The number of carbonyl (C=O) groups is 1. The highest BCUT2D eigenvalue weighted by Gasteiger charge is 2.26. The van der Waals surface area contributed by atoms with E-state index in [1.165, 1.54) is 38.4 Å². The third-order valence-corrected chi connectivity index (χ3v) is 6.73. The molecule has 0 bridgehead atoms. The van der Waals surface area contributed by atoms with Gasteiger partial charge in [0.2, 0.25) is 10.0 Å². The van der Waals surface area contributed by atoms with Crippen molar-refractivity contribution in [3.63, 3.8) is 0 Å². The van der Waals surface area contributed by atoms with E-state index < -0.39 is 21.7 Å². The number of hydroxylamine groups is 1. The molecule has 0 aliphatic heterocycles. The minimum Gasteiger partial charge on any atom is -0.455 e. The van der Waals surface area contributed by atoms with Crippen molar-refractivity contribution < 1.29 is 26.9 Å². The van der Waals surface area contributed by atoms with E-state index in [-0.39, 0.29) is 11.3 Å². The number of halogens is 1. The first-order chi connectivity index (χ1) is 16.1. The van der Waals surface area contributed by atoms with E-state index >= 15 is 0 Å². The van der Waals surface area contributed by atoms with Crippen molar-refractivity contribution in [2.75, 3.05) is 24.7 Å². The SMILES string of the molecule is CONC(=O)c1c(-c2ccc(F)cc2)oc2cc(N(C)S(C)(=O)=O)c(-c3ccc(C)cc3)cc12. The zero-order chi connectivity index (χ0) is 24.6. The van der Waals surface area contributed by atoms with Gasteiger partial charge in [-0.25, -0.2) is 18.3 Å². The number of fused-ring (bicyclic) bond motifs is 1. The minimum atomic E-state index is -3.60. The van der Waals surface area contributed by atoms with E-state index in [0.717, 1.165) is 21.7 Å². The van der Waals surface area contributed by atoms with Gasteiger partial charge in [0.1, 0.15) is 17.2 Å². The molecule has 0 atom stereocenters. The van der Waals surface area contributed by atoms with Crippen molar-refractivity contribution in [2.45, 2.75) is 6.92 Å². The lowest BCUT2D eigenvalue weighted by molar-refractivity contribution is 0.0539. The van der Waals surface area contributed by atoms with Crippen molar-refractivity contribution in [1.29, 1.82) is 0 Å². The monoisotopic (exact) mass is 482 g/mol. The lowest BCUT2D eigenvalue weighted by atomic mass is 9.98. The number of benzene rings is 3. The summed E-state index contributed by atoms with van der Waals surface area (Å²) in [5.41, 5.74) is 6.06. The molecule has 0 unspecified atom stereocenters. The van der Waals surface area contributed by atoms with E-state index in [0.29, 0.717) is 27.8 Å². The number of carbonyl (C=O) groups excluding carboxylic acids is 1. The molecule has 176 valence electrons. The van der Waals surface area contributed by atoms with Gasteiger partial charge in [-0.1, -0.05) is 29.8 Å². The van der Waals surface area contributed by atoms with Gasteiger partial charge in [0.15, 0.2) is 0 Å². The van der Waals surface area contributed by atoms with Crippen LogP contribution in [0.2, 0.25) is 0 Å². The highest BCUT2D eigenvalue weighted by molar-refractivity contribution is 7.92. The Labute approximate surface area is 196 Å². The van der Waals surface area contributed by atoms with Crippen LogP contribution in [0.1, 0.15) is 15.9 Å². The summed E-state index contributed by atoms with van der Waals surface area (Å²) in [6.45, 7) is 1.95. The van der Waals surface area contributed by atoms with Crippen molar-refractivity contribution in [3.05, 3.63) is 77.6 Å². The molecule has 0 saturated heterocycles. The summed E-state index contributed by atoms with van der Waals surface area (Å²) in [5, 5.41) is 0.454. The first kappa shape index (κ1) is 23.5. The largest absolute Gasteiger partial charge is 0.455 e. The van der Waals surface area contributed by atoms with Gasteiger partial charge in [-0.2, -0.15) is 0 Å². The Morgan fingerprint density at radius 3 is 2.24 bits per heavy atom. The Kier molecular flexibility index (Phi) is 6.16. The maximum atomic E-state index is 13.5. The van der Waals surface area contributed by atoms with Gasteiger partial charge in [0.25, 0.3) is 5.91 Å². The Hall–Kier alpha value is -3.69. The van der Waals surface area contributed by atoms with Crippen LogP contribution in [0.15, 0.2) is 65.1 Å². The molecule has 7 nitrogen and oxygen atoms in total. The fourth-order valence-electron chi connectivity index (χ4n) is 3.71. The van der Waals surface area contributed by atoms with Gasteiger partial charge in [0, 0.05) is 29.6 Å². The number of aryl methyl sites for hydroxylation is 1. The van der Waals surface area contributed by atoms with Gasteiger partial charge in [-0.3, -0.25) is 13.9 Å². The summed E-state index contributed by atoms with van der Waals surface area (Å²) < 4.78 is 45.5. The summed E-state index contributed by atoms with van der Waals surface area (Å²) in [7, 11) is -0.829. The lowest BCUT2D eigenvalue weighted by Gasteiger charge is -2.20. The van der Waals surface area contributed by atoms with Gasteiger partial charge < -0.3 is 4.42 Å². The molecule has 1 heterocycles. The molecule has 4 rings (SSSR count). The molecular weight excluding hydrogens is 459 g/mol.